The molecule has 0 aromatic heterocycles. The molecular formula is C14H17F4N3O3S. The third kappa shape index (κ3) is 3.93. The molecule has 1 aromatic carbocycles. The third-order valence-electron chi connectivity index (χ3n) is 3.87. The number of piperidine rings is 1. The smallest absolute Gasteiger partial charge is 0.249 e. The fourth-order valence-corrected chi connectivity index (χ4v) is 4.27. The highest BCUT2D eigenvalue weighted by atomic mass is 32.2. The maximum atomic E-state index is 13.8. The second kappa shape index (κ2) is 7.67. The molecule has 140 valence electrons. The van der Waals surface area contributed by atoms with Crippen molar-refractivity contribution >= 4 is 15.9 Å². The molecule has 1 fully saturated rings. The molecule has 1 unspecified atom stereocenters. The van der Waals surface area contributed by atoms with E-state index >= 15 is 0 Å². The third-order valence-corrected chi connectivity index (χ3v) is 5.75. The standard InChI is InChI=1S/C14H17F4N3O3S/c15-9-6-10(16)12(18)13(11(9)17)25(23,24)21-5-1-2-8(7-21)14(22)20-4-3-19/h6,8H,1-5,7,19H2,(H,20,22). The first-order valence-corrected chi connectivity index (χ1v) is 8.95. The Morgan fingerprint density at radius 2 is 1.84 bits per heavy atom. The summed E-state index contributed by atoms with van der Waals surface area (Å²) in [5.41, 5.74) is 5.27. The number of carbonyl (C=O) groups excluding carboxylic acids is 1. The van der Waals surface area contributed by atoms with Crippen LogP contribution in [0.25, 0.3) is 0 Å². The minimum absolute atomic E-state index is 0.0665. The predicted octanol–water partition coefficient (Wildman–Crippen LogP) is 0.719. The number of halogens is 4. The van der Waals surface area contributed by atoms with Crippen LogP contribution >= 0.6 is 0 Å². The minimum atomic E-state index is -4.86. The van der Waals surface area contributed by atoms with Crippen molar-refractivity contribution in [2.24, 2.45) is 11.7 Å². The number of hydrogen-bond donors (Lipinski definition) is 2. The molecule has 0 bridgehead atoms. The van der Waals surface area contributed by atoms with Gasteiger partial charge in [-0.2, -0.15) is 4.31 Å². The van der Waals surface area contributed by atoms with Gasteiger partial charge in [0.25, 0.3) is 0 Å². The van der Waals surface area contributed by atoms with Crippen LogP contribution in [0.5, 0.6) is 0 Å². The number of sulfonamides is 1. The molecule has 3 N–H and O–H groups in total. The number of benzene rings is 1. The minimum Gasteiger partial charge on any atom is -0.355 e. The van der Waals surface area contributed by atoms with Crippen molar-refractivity contribution in [1.82, 2.24) is 9.62 Å². The van der Waals surface area contributed by atoms with Crippen molar-refractivity contribution in [2.45, 2.75) is 17.7 Å². The van der Waals surface area contributed by atoms with Crippen LogP contribution in [-0.2, 0) is 14.8 Å². The van der Waals surface area contributed by atoms with Crippen molar-refractivity contribution in [2.75, 3.05) is 26.2 Å². The van der Waals surface area contributed by atoms with Gasteiger partial charge in [0, 0.05) is 32.2 Å². The van der Waals surface area contributed by atoms with Crippen LogP contribution in [0, 0.1) is 29.2 Å². The van der Waals surface area contributed by atoms with Crippen LogP contribution in [0.4, 0.5) is 17.6 Å². The van der Waals surface area contributed by atoms with Gasteiger partial charge in [0.05, 0.1) is 5.92 Å². The van der Waals surface area contributed by atoms with Crippen LogP contribution in [0.1, 0.15) is 12.8 Å². The second-order valence-electron chi connectivity index (χ2n) is 5.58. The van der Waals surface area contributed by atoms with E-state index in [1.807, 2.05) is 0 Å². The van der Waals surface area contributed by atoms with Crippen molar-refractivity contribution < 1.29 is 30.8 Å². The van der Waals surface area contributed by atoms with E-state index in [4.69, 9.17) is 5.73 Å². The highest BCUT2D eigenvalue weighted by molar-refractivity contribution is 7.89. The van der Waals surface area contributed by atoms with Crippen LogP contribution < -0.4 is 11.1 Å². The number of hydrogen-bond acceptors (Lipinski definition) is 4. The molecule has 11 heteroatoms. The first-order valence-electron chi connectivity index (χ1n) is 7.51. The molecule has 1 saturated heterocycles. The van der Waals surface area contributed by atoms with Crippen LogP contribution in [0.3, 0.4) is 0 Å². The molecule has 6 nitrogen and oxygen atoms in total. The topological polar surface area (TPSA) is 92.5 Å². The summed E-state index contributed by atoms with van der Waals surface area (Å²) < 4.78 is 79.9. The Morgan fingerprint density at radius 3 is 2.40 bits per heavy atom. The number of nitrogens with one attached hydrogen (secondary N) is 1. The Hall–Kier alpha value is -1.72. The van der Waals surface area contributed by atoms with Crippen molar-refractivity contribution in [3.63, 3.8) is 0 Å². The summed E-state index contributed by atoms with van der Waals surface area (Å²) in [6.45, 7) is -0.0876. The van der Waals surface area contributed by atoms with Crippen molar-refractivity contribution in [3.05, 3.63) is 29.3 Å². The van der Waals surface area contributed by atoms with E-state index in [1.165, 1.54) is 0 Å². The predicted molar refractivity (Wildman–Crippen MR) is 79.8 cm³/mol. The zero-order valence-electron chi connectivity index (χ0n) is 13.1. The molecule has 0 radical (unpaired) electrons. The van der Waals surface area contributed by atoms with E-state index in [2.05, 4.69) is 5.32 Å². The summed E-state index contributed by atoms with van der Waals surface area (Å²) in [6, 6.07) is -0.0665. The molecule has 1 atom stereocenters. The first-order chi connectivity index (χ1) is 11.7. The van der Waals surface area contributed by atoms with Crippen molar-refractivity contribution in [3.8, 4) is 0 Å². The lowest BCUT2D eigenvalue weighted by Gasteiger charge is -2.31. The molecule has 0 spiro atoms. The molecule has 1 aliphatic rings. The van der Waals surface area contributed by atoms with Gasteiger partial charge in [0.1, 0.15) is 0 Å². The van der Waals surface area contributed by atoms with Gasteiger partial charge < -0.3 is 11.1 Å². The summed E-state index contributed by atoms with van der Waals surface area (Å²) >= 11 is 0. The largest absolute Gasteiger partial charge is 0.355 e. The van der Waals surface area contributed by atoms with Gasteiger partial charge in [-0.05, 0) is 12.8 Å². The number of amides is 1. The van der Waals surface area contributed by atoms with E-state index < -0.39 is 50.0 Å². The van der Waals surface area contributed by atoms with Crippen LogP contribution in [0.2, 0.25) is 0 Å². The number of carbonyl (C=O) groups is 1. The van der Waals surface area contributed by atoms with Gasteiger partial charge in [-0.1, -0.05) is 0 Å². The Morgan fingerprint density at radius 1 is 1.24 bits per heavy atom. The van der Waals surface area contributed by atoms with E-state index in [-0.39, 0.29) is 38.7 Å². The Balaban J connectivity index is 2.33. The van der Waals surface area contributed by atoms with Gasteiger partial charge >= 0.3 is 0 Å². The molecule has 2 rings (SSSR count). The second-order valence-corrected chi connectivity index (χ2v) is 7.45. The average Bonchev–Trinajstić information content (AvgIpc) is 2.58. The highest BCUT2D eigenvalue weighted by Gasteiger charge is 2.38. The molecule has 1 heterocycles. The molecule has 0 saturated carbocycles. The SMILES string of the molecule is NCCNC(=O)C1CCCN(S(=O)(=O)c2c(F)c(F)cc(F)c2F)C1. The number of nitrogens with two attached hydrogens (primary N) is 1. The number of nitrogens with zero attached hydrogens (tertiary/aromatic N) is 1. The lowest BCUT2D eigenvalue weighted by atomic mass is 9.99. The molecule has 0 aliphatic carbocycles. The first kappa shape index (κ1) is 19.6. The van der Waals surface area contributed by atoms with E-state index in [0.29, 0.717) is 10.7 Å². The summed E-state index contributed by atoms with van der Waals surface area (Å²) in [4.78, 5) is 10.3. The summed E-state index contributed by atoms with van der Waals surface area (Å²) in [5.74, 6) is -8.81. The van der Waals surface area contributed by atoms with Gasteiger partial charge in [0.2, 0.25) is 15.9 Å². The lowest BCUT2D eigenvalue weighted by molar-refractivity contribution is -0.126. The quantitative estimate of drug-likeness (QED) is 0.579. The van der Waals surface area contributed by atoms with E-state index in [9.17, 15) is 30.8 Å². The van der Waals surface area contributed by atoms with Crippen LogP contribution in [-0.4, -0.2) is 44.8 Å². The van der Waals surface area contributed by atoms with Gasteiger partial charge in [-0.15, -0.1) is 0 Å². The summed E-state index contributed by atoms with van der Waals surface area (Å²) in [5, 5.41) is 2.50. The van der Waals surface area contributed by atoms with Gasteiger partial charge in [-0.25, -0.2) is 26.0 Å². The molecular weight excluding hydrogens is 366 g/mol. The zero-order valence-corrected chi connectivity index (χ0v) is 13.9. The maximum absolute atomic E-state index is 13.8. The van der Waals surface area contributed by atoms with Crippen molar-refractivity contribution in [1.29, 1.82) is 0 Å². The number of rotatable bonds is 5. The summed E-state index contributed by atoms with van der Waals surface area (Å²) in [7, 11) is -4.86. The monoisotopic (exact) mass is 383 g/mol. The Kier molecular flexibility index (Phi) is 6.01. The zero-order chi connectivity index (χ0) is 18.8. The lowest BCUT2D eigenvalue weighted by Crippen LogP contribution is -2.46. The normalized spacial score (nSPS) is 19.0. The highest BCUT2D eigenvalue weighted by Crippen LogP contribution is 2.29. The Labute approximate surface area is 142 Å². The maximum Gasteiger partial charge on any atom is 0.249 e. The fourth-order valence-electron chi connectivity index (χ4n) is 2.62. The summed E-state index contributed by atoms with van der Waals surface area (Å²) in [6.07, 6.45) is 0.617. The average molecular weight is 383 g/mol. The van der Waals surface area contributed by atoms with Crippen LogP contribution in [0.15, 0.2) is 11.0 Å². The Bertz CT molecular complexity index is 747. The van der Waals surface area contributed by atoms with Gasteiger partial charge in [-0.3, -0.25) is 4.79 Å². The molecule has 25 heavy (non-hydrogen) atoms. The van der Waals surface area contributed by atoms with E-state index in [0.717, 1.165) is 0 Å². The van der Waals surface area contributed by atoms with Gasteiger partial charge in [0.15, 0.2) is 28.2 Å². The van der Waals surface area contributed by atoms with E-state index in [1.54, 1.807) is 0 Å². The molecule has 1 aliphatic heterocycles. The molecule has 1 aromatic rings. The fraction of sp³-hybridized carbons (Fsp3) is 0.500. The molecule has 1 amide bonds.